The molecule has 4 atom stereocenters. The van der Waals surface area contributed by atoms with Crippen LogP contribution in [0.5, 0.6) is 0 Å². The van der Waals surface area contributed by atoms with Crippen LogP contribution in [0.1, 0.15) is 52.4 Å². The van der Waals surface area contributed by atoms with E-state index in [4.69, 9.17) is 10.8 Å². The minimum Gasteiger partial charge on any atom is -0.481 e. The Bertz CT molecular complexity index is 751. The highest BCUT2D eigenvalue weighted by Crippen LogP contribution is 2.08. The molecule has 8 N–H and O–H groups in total. The highest BCUT2D eigenvalue weighted by atomic mass is 16.4. The summed E-state index contributed by atoms with van der Waals surface area (Å²) < 4.78 is 0. The standard InChI is InChI=1S/C20H33N5O8/c1-10(2)8-14(20(32)33)25-19(31)13(9-15(21)26)24-18(30)12(5-6-16(27)28)23-17(29)11-4-3-7-22-11/h10-14,22H,3-9H2,1-2H3,(H2,21,26)(H,23,29)(H,24,30)(H,25,31)(H,27,28)(H,32,33). The number of rotatable bonds is 14. The van der Waals surface area contributed by atoms with Crippen LogP contribution in [0.15, 0.2) is 0 Å². The topological polar surface area (TPSA) is 217 Å². The first-order valence-electron chi connectivity index (χ1n) is 10.8. The van der Waals surface area contributed by atoms with Crippen molar-refractivity contribution < 1.29 is 39.0 Å². The Morgan fingerprint density at radius 1 is 0.970 bits per heavy atom. The van der Waals surface area contributed by atoms with Crippen LogP contribution in [0, 0.1) is 5.92 Å². The number of nitrogens with one attached hydrogen (secondary N) is 4. The SMILES string of the molecule is CC(C)CC(NC(=O)C(CC(N)=O)NC(=O)C(CCC(=O)O)NC(=O)C1CCCN1)C(=O)O. The smallest absolute Gasteiger partial charge is 0.326 e. The number of carbonyl (C=O) groups is 6. The molecule has 0 aromatic heterocycles. The van der Waals surface area contributed by atoms with Gasteiger partial charge in [0.05, 0.1) is 12.5 Å². The Labute approximate surface area is 191 Å². The number of nitrogens with two attached hydrogens (primary N) is 1. The second-order valence-corrected chi connectivity index (χ2v) is 8.40. The van der Waals surface area contributed by atoms with Crippen molar-refractivity contribution >= 4 is 35.6 Å². The van der Waals surface area contributed by atoms with E-state index in [0.29, 0.717) is 13.0 Å². The van der Waals surface area contributed by atoms with Gasteiger partial charge >= 0.3 is 11.9 Å². The average molecular weight is 472 g/mol. The van der Waals surface area contributed by atoms with Crippen LogP contribution >= 0.6 is 0 Å². The lowest BCUT2D eigenvalue weighted by Crippen LogP contribution is -2.57. The fourth-order valence-electron chi connectivity index (χ4n) is 3.37. The summed E-state index contributed by atoms with van der Waals surface area (Å²) in [6.07, 6.45) is 0.137. The van der Waals surface area contributed by atoms with E-state index >= 15 is 0 Å². The Hall–Kier alpha value is -3.22. The number of carboxylic acids is 2. The third kappa shape index (κ3) is 10.3. The van der Waals surface area contributed by atoms with Crippen molar-refractivity contribution in [2.24, 2.45) is 11.7 Å². The van der Waals surface area contributed by atoms with Crippen LogP contribution in [0.2, 0.25) is 0 Å². The summed E-state index contributed by atoms with van der Waals surface area (Å²) in [5.41, 5.74) is 5.17. The second kappa shape index (κ2) is 13.4. The van der Waals surface area contributed by atoms with Crippen LogP contribution in [0.4, 0.5) is 0 Å². The molecule has 1 saturated heterocycles. The Morgan fingerprint density at radius 3 is 2.06 bits per heavy atom. The van der Waals surface area contributed by atoms with Gasteiger partial charge in [0.15, 0.2) is 0 Å². The molecule has 1 fully saturated rings. The molecule has 1 aliphatic heterocycles. The van der Waals surface area contributed by atoms with E-state index in [-0.39, 0.29) is 18.8 Å². The zero-order valence-electron chi connectivity index (χ0n) is 18.8. The fraction of sp³-hybridized carbons (Fsp3) is 0.700. The lowest BCUT2D eigenvalue weighted by atomic mass is 10.0. The molecule has 0 aromatic carbocycles. The molecule has 1 rings (SSSR count). The number of primary amides is 1. The summed E-state index contributed by atoms with van der Waals surface area (Å²) in [4.78, 5) is 71.7. The molecule has 4 unspecified atom stereocenters. The van der Waals surface area contributed by atoms with E-state index in [0.717, 1.165) is 6.42 Å². The minimum absolute atomic E-state index is 0.0598. The largest absolute Gasteiger partial charge is 0.481 e. The van der Waals surface area contributed by atoms with Gasteiger partial charge in [-0.15, -0.1) is 0 Å². The summed E-state index contributed by atoms with van der Waals surface area (Å²) >= 11 is 0. The number of carbonyl (C=O) groups excluding carboxylic acids is 4. The minimum atomic E-state index is -1.50. The average Bonchev–Trinajstić information content (AvgIpc) is 3.23. The zero-order chi connectivity index (χ0) is 25.1. The molecule has 186 valence electrons. The molecule has 0 aliphatic carbocycles. The van der Waals surface area contributed by atoms with E-state index in [2.05, 4.69) is 21.3 Å². The summed E-state index contributed by atoms with van der Waals surface area (Å²) in [7, 11) is 0. The van der Waals surface area contributed by atoms with Crippen LogP contribution in [0.25, 0.3) is 0 Å². The highest BCUT2D eigenvalue weighted by Gasteiger charge is 2.32. The molecular formula is C20H33N5O8. The molecule has 0 saturated carbocycles. The van der Waals surface area contributed by atoms with Crippen LogP contribution in [-0.4, -0.2) is 76.5 Å². The summed E-state index contributed by atoms with van der Waals surface area (Å²) in [6, 6.07) is -4.56. The maximum Gasteiger partial charge on any atom is 0.326 e. The lowest BCUT2D eigenvalue weighted by Gasteiger charge is -2.25. The molecule has 1 heterocycles. The lowest BCUT2D eigenvalue weighted by molar-refractivity contribution is -0.143. The van der Waals surface area contributed by atoms with Crippen molar-refractivity contribution in [2.75, 3.05) is 6.54 Å². The molecule has 0 aromatic rings. The maximum atomic E-state index is 12.8. The summed E-state index contributed by atoms with van der Waals surface area (Å²) in [5.74, 6) is -5.77. The molecule has 1 aliphatic rings. The first kappa shape index (κ1) is 27.8. The zero-order valence-corrected chi connectivity index (χ0v) is 18.8. The van der Waals surface area contributed by atoms with Crippen LogP contribution in [0.3, 0.4) is 0 Å². The highest BCUT2D eigenvalue weighted by molar-refractivity contribution is 5.96. The number of carboxylic acid groups (broad SMARTS) is 2. The third-order valence-corrected chi connectivity index (χ3v) is 5.02. The second-order valence-electron chi connectivity index (χ2n) is 8.40. The van der Waals surface area contributed by atoms with Gasteiger partial charge in [-0.3, -0.25) is 24.0 Å². The molecule has 0 radical (unpaired) electrons. The molecule has 0 bridgehead atoms. The summed E-state index contributed by atoms with van der Waals surface area (Å²) in [6.45, 7) is 4.16. The van der Waals surface area contributed by atoms with Crippen molar-refractivity contribution in [2.45, 2.75) is 76.5 Å². The Kier molecular flexibility index (Phi) is 11.3. The van der Waals surface area contributed by atoms with Gasteiger partial charge in [0, 0.05) is 6.42 Å². The van der Waals surface area contributed by atoms with Crippen molar-refractivity contribution in [1.29, 1.82) is 0 Å². The van der Waals surface area contributed by atoms with Gasteiger partial charge in [0.2, 0.25) is 23.6 Å². The Balaban J connectivity index is 2.95. The molecule has 13 heteroatoms. The number of amides is 4. The van der Waals surface area contributed by atoms with Gasteiger partial charge in [0.1, 0.15) is 18.1 Å². The van der Waals surface area contributed by atoms with E-state index < -0.39 is 72.6 Å². The molecule has 33 heavy (non-hydrogen) atoms. The maximum absolute atomic E-state index is 12.8. The van der Waals surface area contributed by atoms with Gasteiger partial charge in [-0.2, -0.15) is 0 Å². The van der Waals surface area contributed by atoms with Crippen molar-refractivity contribution in [3.8, 4) is 0 Å². The predicted octanol–water partition coefficient (Wildman–Crippen LogP) is -1.94. The predicted molar refractivity (Wildman–Crippen MR) is 115 cm³/mol. The number of hydrogen-bond acceptors (Lipinski definition) is 7. The van der Waals surface area contributed by atoms with Gasteiger partial charge in [-0.1, -0.05) is 13.8 Å². The van der Waals surface area contributed by atoms with E-state index in [1.807, 2.05) is 0 Å². The summed E-state index contributed by atoms with van der Waals surface area (Å²) in [5, 5.41) is 28.3. The monoisotopic (exact) mass is 471 g/mol. The molecule has 0 spiro atoms. The molecular weight excluding hydrogens is 438 g/mol. The molecule has 13 nitrogen and oxygen atoms in total. The van der Waals surface area contributed by atoms with E-state index in [1.165, 1.54) is 0 Å². The Morgan fingerprint density at radius 2 is 1.58 bits per heavy atom. The molecule has 4 amide bonds. The van der Waals surface area contributed by atoms with Crippen LogP contribution in [-0.2, 0) is 28.8 Å². The normalized spacial score (nSPS) is 18.1. The van der Waals surface area contributed by atoms with Gasteiger partial charge in [-0.25, -0.2) is 4.79 Å². The van der Waals surface area contributed by atoms with E-state index in [9.17, 15) is 33.9 Å². The number of hydrogen-bond donors (Lipinski definition) is 7. The number of aliphatic carboxylic acids is 2. The third-order valence-electron chi connectivity index (χ3n) is 5.02. The van der Waals surface area contributed by atoms with Crippen LogP contribution < -0.4 is 27.0 Å². The van der Waals surface area contributed by atoms with Gasteiger partial charge < -0.3 is 37.2 Å². The fourth-order valence-corrected chi connectivity index (χ4v) is 3.37. The van der Waals surface area contributed by atoms with Gasteiger partial charge in [-0.05, 0) is 38.1 Å². The first-order valence-corrected chi connectivity index (χ1v) is 10.8. The van der Waals surface area contributed by atoms with Crippen molar-refractivity contribution in [3.63, 3.8) is 0 Å². The quantitative estimate of drug-likeness (QED) is 0.150. The van der Waals surface area contributed by atoms with Crippen molar-refractivity contribution in [3.05, 3.63) is 0 Å². The van der Waals surface area contributed by atoms with Gasteiger partial charge in [0.25, 0.3) is 0 Å². The van der Waals surface area contributed by atoms with E-state index in [1.54, 1.807) is 13.8 Å². The first-order chi connectivity index (χ1) is 15.4. The van der Waals surface area contributed by atoms with Crippen molar-refractivity contribution in [1.82, 2.24) is 21.3 Å².